The van der Waals surface area contributed by atoms with Gasteiger partial charge in [-0.05, 0) is 24.5 Å². The van der Waals surface area contributed by atoms with Gasteiger partial charge < -0.3 is 15.7 Å². The molecule has 0 radical (unpaired) electrons. The smallest absolute Gasteiger partial charge is 0.261 e. The third-order valence-electron chi connectivity index (χ3n) is 2.96. The number of aliphatic hydroxyl groups excluding tert-OH is 1. The maximum absolute atomic E-state index is 12.1. The van der Waals surface area contributed by atoms with Gasteiger partial charge in [-0.3, -0.25) is 9.59 Å². The highest BCUT2D eigenvalue weighted by atomic mass is 32.1. The molecule has 3 N–H and O–H groups in total. The van der Waals surface area contributed by atoms with Gasteiger partial charge in [-0.1, -0.05) is 27.7 Å². The predicted molar refractivity (Wildman–Crippen MR) is 85.7 cm³/mol. The Kier molecular flexibility index (Phi) is 5.92. The number of hydrogen-bond acceptors (Lipinski definition) is 4. The molecule has 0 aliphatic rings. The molecule has 0 aliphatic heterocycles. The summed E-state index contributed by atoms with van der Waals surface area (Å²) in [6.07, 6.45) is 0. The highest BCUT2D eigenvalue weighted by Crippen LogP contribution is 2.28. The number of amides is 2. The van der Waals surface area contributed by atoms with E-state index in [9.17, 15) is 9.59 Å². The first-order chi connectivity index (χ1) is 9.65. The van der Waals surface area contributed by atoms with E-state index < -0.39 is 5.41 Å². The molecule has 0 spiro atoms. The van der Waals surface area contributed by atoms with E-state index in [-0.39, 0.29) is 24.3 Å². The van der Waals surface area contributed by atoms with E-state index in [1.54, 1.807) is 6.07 Å². The number of aryl methyl sites for hydroxylation is 1. The normalized spacial score (nSPS) is 12.9. The Labute approximate surface area is 129 Å². The molecule has 0 saturated carbocycles. The molecule has 1 aromatic heterocycles. The van der Waals surface area contributed by atoms with Crippen LogP contribution in [0.4, 0.5) is 5.00 Å². The third kappa shape index (κ3) is 5.13. The van der Waals surface area contributed by atoms with Crippen molar-refractivity contribution >= 4 is 28.2 Å². The maximum Gasteiger partial charge on any atom is 0.261 e. The Morgan fingerprint density at radius 1 is 1.38 bits per heavy atom. The van der Waals surface area contributed by atoms with Crippen LogP contribution in [0.25, 0.3) is 0 Å². The van der Waals surface area contributed by atoms with Crippen molar-refractivity contribution in [3.05, 3.63) is 16.5 Å². The second kappa shape index (κ2) is 7.04. The second-order valence-electron chi connectivity index (χ2n) is 6.32. The van der Waals surface area contributed by atoms with Gasteiger partial charge in [-0.25, -0.2) is 0 Å². The van der Waals surface area contributed by atoms with Gasteiger partial charge >= 0.3 is 0 Å². The topological polar surface area (TPSA) is 78.4 Å². The summed E-state index contributed by atoms with van der Waals surface area (Å²) in [5.41, 5.74) is 0.356. The van der Waals surface area contributed by atoms with Crippen molar-refractivity contribution in [3.63, 3.8) is 0 Å². The summed E-state index contributed by atoms with van der Waals surface area (Å²) in [6.45, 7) is 9.68. The van der Waals surface area contributed by atoms with Crippen LogP contribution in [-0.4, -0.2) is 30.1 Å². The van der Waals surface area contributed by atoms with E-state index in [1.165, 1.54) is 11.3 Å². The van der Waals surface area contributed by atoms with Crippen molar-refractivity contribution in [2.24, 2.45) is 11.3 Å². The number of rotatable bonds is 5. The Balaban J connectivity index is 2.74. The first kappa shape index (κ1) is 17.7. The van der Waals surface area contributed by atoms with Gasteiger partial charge in [0.1, 0.15) is 0 Å². The summed E-state index contributed by atoms with van der Waals surface area (Å²) in [5, 5.41) is 15.2. The molecule has 118 valence electrons. The van der Waals surface area contributed by atoms with Crippen molar-refractivity contribution in [1.29, 1.82) is 0 Å². The molecule has 21 heavy (non-hydrogen) atoms. The average Bonchev–Trinajstić information content (AvgIpc) is 2.75. The van der Waals surface area contributed by atoms with Crippen LogP contribution in [-0.2, 0) is 4.79 Å². The number of thiophene rings is 1. The molecule has 1 unspecified atom stereocenters. The number of carbonyl (C=O) groups is 2. The van der Waals surface area contributed by atoms with Crippen LogP contribution in [0.3, 0.4) is 0 Å². The minimum Gasteiger partial charge on any atom is -0.396 e. The molecular weight excluding hydrogens is 288 g/mol. The molecule has 5 nitrogen and oxygen atoms in total. The summed E-state index contributed by atoms with van der Waals surface area (Å²) >= 11 is 1.26. The first-order valence-electron chi connectivity index (χ1n) is 6.96. The van der Waals surface area contributed by atoms with Crippen molar-refractivity contribution in [3.8, 4) is 0 Å². The van der Waals surface area contributed by atoms with Crippen molar-refractivity contribution in [2.45, 2.75) is 34.6 Å². The highest BCUT2D eigenvalue weighted by molar-refractivity contribution is 7.18. The van der Waals surface area contributed by atoms with Gasteiger partial charge in [-0.2, -0.15) is 0 Å². The molecule has 0 aromatic carbocycles. The maximum atomic E-state index is 12.1. The van der Waals surface area contributed by atoms with E-state index in [1.807, 2.05) is 34.6 Å². The third-order valence-corrected chi connectivity index (χ3v) is 4.12. The van der Waals surface area contributed by atoms with Crippen LogP contribution in [0.2, 0.25) is 0 Å². The lowest BCUT2D eigenvalue weighted by Crippen LogP contribution is -2.29. The number of aliphatic hydroxyl groups is 1. The van der Waals surface area contributed by atoms with E-state index in [0.717, 1.165) is 5.56 Å². The first-order valence-corrected chi connectivity index (χ1v) is 7.77. The fraction of sp³-hybridized carbons (Fsp3) is 0.600. The molecule has 6 heteroatoms. The standard InChI is InChI=1S/C15H24N2O3S/c1-9(8-18)7-16-13(19)12-10(2)6-11(21-12)17-14(20)15(3,4)5/h6,9,18H,7-8H2,1-5H3,(H,16,19)(H,17,20). The SMILES string of the molecule is Cc1cc(NC(=O)C(C)(C)C)sc1C(=O)NCC(C)CO. The molecular formula is C15H24N2O3S. The Morgan fingerprint density at radius 2 is 2.00 bits per heavy atom. The summed E-state index contributed by atoms with van der Waals surface area (Å²) < 4.78 is 0. The number of anilines is 1. The van der Waals surface area contributed by atoms with E-state index in [2.05, 4.69) is 10.6 Å². The second-order valence-corrected chi connectivity index (χ2v) is 7.38. The van der Waals surface area contributed by atoms with Crippen LogP contribution in [0, 0.1) is 18.3 Å². The van der Waals surface area contributed by atoms with Crippen LogP contribution < -0.4 is 10.6 Å². The lowest BCUT2D eigenvalue weighted by Gasteiger charge is -2.16. The Morgan fingerprint density at radius 3 is 2.52 bits per heavy atom. The van der Waals surface area contributed by atoms with Gasteiger partial charge in [0.15, 0.2) is 0 Å². The van der Waals surface area contributed by atoms with Crippen LogP contribution in [0.1, 0.15) is 42.9 Å². The minimum absolute atomic E-state index is 0.0225. The fourth-order valence-corrected chi connectivity index (χ4v) is 2.46. The van der Waals surface area contributed by atoms with Gasteiger partial charge in [0, 0.05) is 18.6 Å². The van der Waals surface area contributed by atoms with Gasteiger partial charge in [0.2, 0.25) is 5.91 Å². The van der Waals surface area contributed by atoms with Gasteiger partial charge in [0.25, 0.3) is 5.91 Å². The van der Waals surface area contributed by atoms with Crippen molar-refractivity contribution in [1.82, 2.24) is 5.32 Å². The fourth-order valence-electron chi connectivity index (χ4n) is 1.48. The summed E-state index contributed by atoms with van der Waals surface area (Å²) in [6, 6.07) is 1.80. The summed E-state index contributed by atoms with van der Waals surface area (Å²) in [4.78, 5) is 24.6. The lowest BCUT2D eigenvalue weighted by atomic mass is 9.96. The van der Waals surface area contributed by atoms with E-state index in [0.29, 0.717) is 16.4 Å². The molecule has 0 aliphatic carbocycles. The zero-order valence-corrected chi connectivity index (χ0v) is 14.1. The molecule has 1 aromatic rings. The molecule has 0 bridgehead atoms. The molecule has 0 saturated heterocycles. The monoisotopic (exact) mass is 312 g/mol. The van der Waals surface area contributed by atoms with Crippen LogP contribution in [0.5, 0.6) is 0 Å². The number of hydrogen-bond donors (Lipinski definition) is 3. The van der Waals surface area contributed by atoms with E-state index in [4.69, 9.17) is 5.11 Å². The van der Waals surface area contributed by atoms with Crippen LogP contribution >= 0.6 is 11.3 Å². The van der Waals surface area contributed by atoms with Gasteiger partial charge in [0.05, 0.1) is 9.88 Å². The van der Waals surface area contributed by atoms with Crippen LogP contribution in [0.15, 0.2) is 6.07 Å². The molecule has 1 rings (SSSR count). The minimum atomic E-state index is -0.475. The number of carbonyl (C=O) groups excluding carboxylic acids is 2. The Hall–Kier alpha value is -1.40. The lowest BCUT2D eigenvalue weighted by molar-refractivity contribution is -0.123. The average molecular weight is 312 g/mol. The van der Waals surface area contributed by atoms with Crippen molar-refractivity contribution in [2.75, 3.05) is 18.5 Å². The number of nitrogens with one attached hydrogen (secondary N) is 2. The summed E-state index contributed by atoms with van der Waals surface area (Å²) in [5.74, 6) is -0.229. The molecule has 0 fully saturated rings. The summed E-state index contributed by atoms with van der Waals surface area (Å²) in [7, 11) is 0. The highest BCUT2D eigenvalue weighted by Gasteiger charge is 2.23. The van der Waals surface area contributed by atoms with E-state index >= 15 is 0 Å². The van der Waals surface area contributed by atoms with Crippen molar-refractivity contribution < 1.29 is 14.7 Å². The largest absolute Gasteiger partial charge is 0.396 e. The Bertz CT molecular complexity index is 517. The molecule has 2 amide bonds. The van der Waals surface area contributed by atoms with Gasteiger partial charge in [-0.15, -0.1) is 11.3 Å². The zero-order chi connectivity index (χ0) is 16.2. The molecule has 1 heterocycles. The quantitative estimate of drug-likeness (QED) is 0.781. The predicted octanol–water partition coefficient (Wildman–Crippen LogP) is 2.40. The molecule has 1 atom stereocenters. The zero-order valence-electron chi connectivity index (χ0n) is 13.2.